The average Bonchev–Trinajstić information content (AvgIpc) is 3.11. The van der Waals surface area contributed by atoms with E-state index >= 15 is 0 Å². The molecule has 138 valence electrons. The van der Waals surface area contributed by atoms with Crippen LogP contribution in [0.15, 0.2) is 71.2 Å². The van der Waals surface area contributed by atoms with Crippen molar-refractivity contribution in [3.8, 4) is 5.75 Å². The fraction of sp³-hybridized carbons (Fsp3) is 0.136. The Bertz CT molecular complexity index is 927. The number of benzene rings is 2. The standard InChI is InChI=1S/C22H20FNO3/c1-15-3-10-20(27-15)13-14-21(25)24-22(16-4-8-18(23)9-5-16)17-6-11-19(26-2)12-7-17/h3-14,22H,1-2H3,(H,24,25)/b14-13+. The first-order valence-electron chi connectivity index (χ1n) is 8.49. The molecule has 0 aliphatic carbocycles. The number of carbonyl (C=O) groups is 1. The van der Waals surface area contributed by atoms with E-state index < -0.39 is 6.04 Å². The molecule has 1 atom stereocenters. The van der Waals surface area contributed by atoms with Crippen LogP contribution in [0.4, 0.5) is 4.39 Å². The number of halogens is 1. The molecule has 0 radical (unpaired) electrons. The van der Waals surface area contributed by atoms with E-state index in [9.17, 15) is 9.18 Å². The zero-order valence-corrected chi connectivity index (χ0v) is 15.1. The third-order valence-electron chi connectivity index (χ3n) is 4.10. The van der Waals surface area contributed by atoms with Crippen molar-refractivity contribution in [2.75, 3.05) is 7.11 Å². The molecule has 4 nitrogen and oxygen atoms in total. The van der Waals surface area contributed by atoms with Crippen LogP contribution < -0.4 is 10.1 Å². The first-order valence-corrected chi connectivity index (χ1v) is 8.49. The molecule has 3 rings (SSSR count). The van der Waals surface area contributed by atoms with Crippen molar-refractivity contribution in [2.45, 2.75) is 13.0 Å². The molecule has 0 aliphatic heterocycles. The molecule has 0 spiro atoms. The first-order chi connectivity index (χ1) is 13.0. The van der Waals surface area contributed by atoms with Crippen LogP contribution in [0, 0.1) is 12.7 Å². The van der Waals surface area contributed by atoms with Gasteiger partial charge in [-0.05, 0) is 60.5 Å². The van der Waals surface area contributed by atoms with Crippen LogP contribution in [0.25, 0.3) is 6.08 Å². The minimum absolute atomic E-state index is 0.283. The Morgan fingerprint density at radius 1 is 1.04 bits per heavy atom. The van der Waals surface area contributed by atoms with Crippen LogP contribution >= 0.6 is 0 Å². The number of methoxy groups -OCH3 is 1. The van der Waals surface area contributed by atoms with E-state index in [-0.39, 0.29) is 11.7 Å². The number of ether oxygens (including phenoxy) is 1. The molecule has 1 aromatic heterocycles. The zero-order chi connectivity index (χ0) is 19.2. The smallest absolute Gasteiger partial charge is 0.244 e. The Labute approximate surface area is 157 Å². The van der Waals surface area contributed by atoms with Gasteiger partial charge >= 0.3 is 0 Å². The lowest BCUT2D eigenvalue weighted by Gasteiger charge is -2.19. The second-order valence-corrected chi connectivity index (χ2v) is 6.05. The predicted octanol–water partition coefficient (Wildman–Crippen LogP) is 4.65. The van der Waals surface area contributed by atoms with Gasteiger partial charge in [0.2, 0.25) is 5.91 Å². The van der Waals surface area contributed by atoms with Crippen LogP contribution in [0.1, 0.15) is 28.7 Å². The highest BCUT2D eigenvalue weighted by Crippen LogP contribution is 2.24. The van der Waals surface area contributed by atoms with Crippen LogP contribution in [-0.4, -0.2) is 13.0 Å². The second kappa shape index (κ2) is 8.36. The topological polar surface area (TPSA) is 51.5 Å². The first kappa shape index (κ1) is 18.5. The third kappa shape index (κ3) is 4.85. The molecule has 27 heavy (non-hydrogen) atoms. The number of aryl methyl sites for hydroxylation is 1. The fourth-order valence-corrected chi connectivity index (χ4v) is 2.70. The largest absolute Gasteiger partial charge is 0.497 e. The molecule has 1 amide bonds. The van der Waals surface area contributed by atoms with Gasteiger partial charge in [0.15, 0.2) is 0 Å². The summed E-state index contributed by atoms with van der Waals surface area (Å²) < 4.78 is 23.9. The molecule has 0 saturated heterocycles. The van der Waals surface area contributed by atoms with Crippen molar-refractivity contribution in [1.82, 2.24) is 5.32 Å². The maximum atomic E-state index is 13.3. The van der Waals surface area contributed by atoms with Gasteiger partial charge < -0.3 is 14.5 Å². The van der Waals surface area contributed by atoms with Gasteiger partial charge in [-0.1, -0.05) is 24.3 Å². The number of hydrogen-bond donors (Lipinski definition) is 1. The van der Waals surface area contributed by atoms with Gasteiger partial charge in [0.1, 0.15) is 23.1 Å². The van der Waals surface area contributed by atoms with E-state index in [0.717, 1.165) is 22.6 Å². The number of carbonyl (C=O) groups excluding carboxylic acids is 1. The maximum absolute atomic E-state index is 13.3. The maximum Gasteiger partial charge on any atom is 0.244 e. The Morgan fingerprint density at radius 3 is 2.22 bits per heavy atom. The number of hydrogen-bond acceptors (Lipinski definition) is 3. The van der Waals surface area contributed by atoms with Crippen molar-refractivity contribution in [3.05, 3.63) is 95.2 Å². The molecule has 1 N–H and O–H groups in total. The molecular formula is C22H20FNO3. The van der Waals surface area contributed by atoms with Gasteiger partial charge in [0.05, 0.1) is 13.2 Å². The summed E-state index contributed by atoms with van der Waals surface area (Å²) in [6.45, 7) is 1.84. The summed E-state index contributed by atoms with van der Waals surface area (Å²) in [6.07, 6.45) is 3.02. The van der Waals surface area contributed by atoms with Crippen molar-refractivity contribution in [2.24, 2.45) is 0 Å². The summed E-state index contributed by atoms with van der Waals surface area (Å²) in [5, 5.41) is 2.95. The van der Waals surface area contributed by atoms with Gasteiger partial charge in [-0.15, -0.1) is 0 Å². The lowest BCUT2D eigenvalue weighted by atomic mass is 9.98. The Kier molecular flexibility index (Phi) is 5.71. The van der Waals surface area contributed by atoms with Crippen LogP contribution in [0.2, 0.25) is 0 Å². The van der Waals surface area contributed by atoms with Crippen LogP contribution in [0.5, 0.6) is 5.75 Å². The molecule has 5 heteroatoms. The molecule has 2 aromatic carbocycles. The average molecular weight is 365 g/mol. The predicted molar refractivity (Wildman–Crippen MR) is 102 cm³/mol. The Hall–Kier alpha value is -3.34. The van der Waals surface area contributed by atoms with Crippen molar-refractivity contribution in [1.29, 1.82) is 0 Å². The SMILES string of the molecule is COc1ccc(C(NC(=O)/C=C/c2ccc(C)o2)c2ccc(F)cc2)cc1. The summed E-state index contributed by atoms with van der Waals surface area (Å²) >= 11 is 0. The van der Waals surface area contributed by atoms with Crippen molar-refractivity contribution in [3.63, 3.8) is 0 Å². The van der Waals surface area contributed by atoms with Crippen molar-refractivity contribution < 1.29 is 18.3 Å². The second-order valence-electron chi connectivity index (χ2n) is 6.05. The number of amides is 1. The van der Waals surface area contributed by atoms with Crippen LogP contribution in [0.3, 0.4) is 0 Å². The molecule has 1 heterocycles. The molecule has 0 saturated carbocycles. The van der Waals surface area contributed by atoms with E-state index in [1.165, 1.54) is 18.2 Å². The third-order valence-corrected chi connectivity index (χ3v) is 4.10. The van der Waals surface area contributed by atoms with Gasteiger partial charge in [-0.3, -0.25) is 4.79 Å². The summed E-state index contributed by atoms with van der Waals surface area (Å²) in [5.41, 5.74) is 1.63. The van der Waals surface area contributed by atoms with E-state index in [4.69, 9.17) is 9.15 Å². The monoisotopic (exact) mass is 365 g/mol. The van der Waals surface area contributed by atoms with Gasteiger partial charge in [-0.25, -0.2) is 4.39 Å². The van der Waals surface area contributed by atoms with E-state index in [0.29, 0.717) is 5.76 Å². The van der Waals surface area contributed by atoms with Gasteiger partial charge in [-0.2, -0.15) is 0 Å². The molecule has 0 fully saturated rings. The van der Waals surface area contributed by atoms with Crippen molar-refractivity contribution >= 4 is 12.0 Å². The summed E-state index contributed by atoms with van der Waals surface area (Å²) in [5.74, 6) is 1.49. The summed E-state index contributed by atoms with van der Waals surface area (Å²) in [6, 6.07) is 16.6. The molecule has 0 aliphatic rings. The lowest BCUT2D eigenvalue weighted by Crippen LogP contribution is -2.27. The van der Waals surface area contributed by atoms with Gasteiger partial charge in [0.25, 0.3) is 0 Å². The quantitative estimate of drug-likeness (QED) is 0.647. The molecule has 1 unspecified atom stereocenters. The number of nitrogens with one attached hydrogen (secondary N) is 1. The zero-order valence-electron chi connectivity index (χ0n) is 15.1. The Balaban J connectivity index is 1.83. The highest BCUT2D eigenvalue weighted by Gasteiger charge is 2.16. The van der Waals surface area contributed by atoms with Gasteiger partial charge in [0, 0.05) is 6.08 Å². The van der Waals surface area contributed by atoms with Crippen LogP contribution in [-0.2, 0) is 4.79 Å². The molecule has 3 aromatic rings. The minimum atomic E-state index is -0.424. The highest BCUT2D eigenvalue weighted by molar-refractivity contribution is 5.91. The fourth-order valence-electron chi connectivity index (χ4n) is 2.70. The van der Waals surface area contributed by atoms with E-state index in [2.05, 4.69) is 5.32 Å². The van der Waals surface area contributed by atoms with E-state index in [1.54, 1.807) is 31.4 Å². The molecule has 0 bridgehead atoms. The normalized spacial score (nSPS) is 12.1. The number of furan rings is 1. The summed E-state index contributed by atoms with van der Waals surface area (Å²) in [4.78, 5) is 12.4. The number of rotatable bonds is 6. The lowest BCUT2D eigenvalue weighted by molar-refractivity contribution is -0.116. The van der Waals surface area contributed by atoms with E-state index in [1.807, 2.05) is 37.3 Å². The summed E-state index contributed by atoms with van der Waals surface area (Å²) in [7, 11) is 1.59. The highest BCUT2D eigenvalue weighted by atomic mass is 19.1. The Morgan fingerprint density at radius 2 is 1.67 bits per heavy atom. The molecular weight excluding hydrogens is 345 g/mol. The minimum Gasteiger partial charge on any atom is -0.497 e.